The molecule has 47 heavy (non-hydrogen) atoms. The predicted octanol–water partition coefficient (Wildman–Crippen LogP) is 8.58. The number of alkyl halides is 2. The van der Waals surface area contributed by atoms with Gasteiger partial charge < -0.3 is 14.6 Å². The van der Waals surface area contributed by atoms with E-state index in [-0.39, 0.29) is 12.2 Å². The average molecular weight is 665 g/mol. The van der Waals surface area contributed by atoms with E-state index in [1.807, 2.05) is 109 Å². The topological polar surface area (TPSA) is 79.6 Å². The summed E-state index contributed by atoms with van der Waals surface area (Å²) >= 11 is 13.3. The number of methoxy groups -OCH3 is 2. The molecule has 0 spiro atoms. The van der Waals surface area contributed by atoms with Crippen LogP contribution in [-0.4, -0.2) is 35.9 Å². The van der Waals surface area contributed by atoms with Crippen molar-refractivity contribution in [2.24, 2.45) is 11.3 Å². The molecule has 5 nitrogen and oxygen atoms in total. The van der Waals surface area contributed by atoms with E-state index in [1.54, 1.807) is 32.4 Å². The maximum absolute atomic E-state index is 15.0. The van der Waals surface area contributed by atoms with E-state index >= 15 is 4.79 Å². The minimum absolute atomic E-state index is 0.0786. The fourth-order valence-electron chi connectivity index (χ4n) is 7.50. The first kappa shape index (κ1) is 32.6. The van der Waals surface area contributed by atoms with Crippen LogP contribution < -0.4 is 9.47 Å². The molecule has 4 aromatic carbocycles. The Bertz CT molecular complexity index is 1820. The van der Waals surface area contributed by atoms with E-state index in [0.717, 1.165) is 5.56 Å². The molecule has 0 saturated heterocycles. The number of hydrogen-bond acceptors (Lipinski definition) is 5. The summed E-state index contributed by atoms with van der Waals surface area (Å²) in [5.74, 6) is -1.48. The first-order chi connectivity index (χ1) is 22.8. The Hall–Kier alpha value is -4.34. The van der Waals surface area contributed by atoms with E-state index in [9.17, 15) is 10.4 Å². The lowest BCUT2D eigenvalue weighted by Gasteiger charge is -2.56. The van der Waals surface area contributed by atoms with Crippen molar-refractivity contribution in [3.63, 3.8) is 0 Å². The van der Waals surface area contributed by atoms with Crippen LogP contribution in [0.5, 0.6) is 11.5 Å². The number of allylic oxidation sites excluding steroid dienone is 4. The molecular formula is C40H35Cl2NO4. The summed E-state index contributed by atoms with van der Waals surface area (Å²) in [6, 6.07) is 36.0. The molecule has 6 rings (SSSR count). The molecule has 2 unspecified atom stereocenters. The number of ether oxygens (including phenoxy) is 2. The number of rotatable bonds is 8. The summed E-state index contributed by atoms with van der Waals surface area (Å²) < 4.78 is 11.0. The number of nitriles is 1. The van der Waals surface area contributed by atoms with E-state index in [2.05, 4.69) is 6.07 Å². The third-order valence-electron chi connectivity index (χ3n) is 9.78. The number of carbonyl (C=O) groups is 1. The molecule has 1 N–H and O–H groups in total. The second-order valence-corrected chi connectivity index (χ2v) is 13.1. The van der Waals surface area contributed by atoms with Gasteiger partial charge >= 0.3 is 0 Å². The number of benzene rings is 4. The number of Topliss-reactive ketones (excluding diaryl/α,β-unsaturated/α-hetero) is 1. The maximum Gasteiger partial charge on any atom is 0.169 e. The molecule has 238 valence electrons. The molecule has 7 atom stereocenters. The van der Waals surface area contributed by atoms with Gasteiger partial charge in [-0.25, -0.2) is 0 Å². The van der Waals surface area contributed by atoms with Gasteiger partial charge in [-0.1, -0.05) is 103 Å². The molecule has 0 bridgehead atoms. The second-order valence-electron chi connectivity index (χ2n) is 12.1. The van der Waals surface area contributed by atoms with Crippen molar-refractivity contribution in [1.29, 1.82) is 5.26 Å². The van der Waals surface area contributed by atoms with E-state index in [1.165, 1.54) is 0 Å². The highest BCUT2D eigenvalue weighted by Gasteiger charge is 2.65. The Balaban J connectivity index is 1.72. The molecule has 1 fully saturated rings. The fourth-order valence-corrected chi connectivity index (χ4v) is 7.87. The first-order valence-electron chi connectivity index (χ1n) is 15.5. The van der Waals surface area contributed by atoms with Gasteiger partial charge in [0, 0.05) is 17.4 Å². The van der Waals surface area contributed by atoms with Crippen LogP contribution >= 0.6 is 23.2 Å². The van der Waals surface area contributed by atoms with Crippen LogP contribution in [0.1, 0.15) is 45.3 Å². The van der Waals surface area contributed by atoms with Crippen molar-refractivity contribution in [3.05, 3.63) is 155 Å². The second kappa shape index (κ2) is 13.4. The molecule has 0 aromatic heterocycles. The molecule has 0 radical (unpaired) electrons. The monoisotopic (exact) mass is 663 g/mol. The summed E-state index contributed by atoms with van der Waals surface area (Å²) in [6.07, 6.45) is 5.58. The molecule has 7 heteroatoms. The molecule has 1 saturated carbocycles. The smallest absolute Gasteiger partial charge is 0.169 e. The predicted molar refractivity (Wildman–Crippen MR) is 185 cm³/mol. The van der Waals surface area contributed by atoms with Crippen LogP contribution in [-0.2, 0) is 5.60 Å². The SMILES string of the molecule is COc1ccc([C@@H]2C[C@](O)(c3ccccc3)[C@@H](C(=O)c3ccccc3)[C@H](c3ccc(OC)cc3)[C@@]2(C#N)C2=CC(Cl)C(Cl)C=C2)cc1. The molecule has 2 aliphatic rings. The van der Waals surface area contributed by atoms with E-state index in [0.29, 0.717) is 33.8 Å². The highest BCUT2D eigenvalue weighted by atomic mass is 35.5. The summed E-state index contributed by atoms with van der Waals surface area (Å²) in [4.78, 5) is 15.0. The third kappa shape index (κ3) is 5.76. The van der Waals surface area contributed by atoms with Gasteiger partial charge in [-0.2, -0.15) is 5.26 Å². The zero-order chi connectivity index (χ0) is 33.2. The Kier molecular flexibility index (Phi) is 9.30. The van der Waals surface area contributed by atoms with Gasteiger partial charge in [0.1, 0.15) is 17.1 Å². The Labute approximate surface area is 285 Å². The number of halogens is 2. The molecule has 0 aliphatic heterocycles. The zero-order valence-electron chi connectivity index (χ0n) is 26.1. The van der Waals surface area contributed by atoms with Crippen LogP contribution in [0.3, 0.4) is 0 Å². The summed E-state index contributed by atoms with van der Waals surface area (Å²) in [7, 11) is 3.19. The van der Waals surface area contributed by atoms with Crippen molar-refractivity contribution in [2.75, 3.05) is 14.2 Å². The first-order valence-corrected chi connectivity index (χ1v) is 16.4. The quantitative estimate of drug-likeness (QED) is 0.151. The fraction of sp³-hybridized carbons (Fsp3) is 0.250. The van der Waals surface area contributed by atoms with Crippen LogP contribution in [0.25, 0.3) is 0 Å². The lowest BCUT2D eigenvalue weighted by atomic mass is 9.45. The van der Waals surface area contributed by atoms with Crippen molar-refractivity contribution in [1.82, 2.24) is 0 Å². The van der Waals surface area contributed by atoms with E-state index < -0.39 is 39.5 Å². The van der Waals surface area contributed by atoms with Gasteiger partial charge in [-0.3, -0.25) is 4.79 Å². The minimum Gasteiger partial charge on any atom is -0.497 e. The van der Waals surface area contributed by atoms with Crippen LogP contribution in [0.15, 0.2) is 133 Å². The van der Waals surface area contributed by atoms with Crippen molar-refractivity contribution in [3.8, 4) is 17.6 Å². The molecule has 4 aromatic rings. The lowest BCUT2D eigenvalue weighted by Crippen LogP contribution is -2.56. The number of ketones is 1. The number of hydrogen-bond donors (Lipinski definition) is 1. The normalized spacial score (nSPS) is 28.5. The van der Waals surface area contributed by atoms with Crippen LogP contribution in [0.4, 0.5) is 0 Å². The molecule has 2 aliphatic carbocycles. The van der Waals surface area contributed by atoms with E-state index in [4.69, 9.17) is 32.7 Å². The van der Waals surface area contributed by atoms with Gasteiger partial charge in [0.15, 0.2) is 5.78 Å². The standard InChI is InChI=1S/C40H35Cl2NO4/c1-46-31-18-13-26(14-19-31)33-24-40(45,29-11-7-4-8-12-29)37(38(44)28-9-5-3-6-10-28)36(27-15-20-32(47-2)21-16-27)39(33,25-43)30-17-22-34(41)35(42)23-30/h3-23,33-37,45H,24H2,1-2H3/t33-,34?,35?,36-,37+,39-,40-/m0/s1. The summed E-state index contributed by atoms with van der Waals surface area (Å²) in [5.41, 5.74) is 0.172. The maximum atomic E-state index is 15.0. The molecule has 0 amide bonds. The molecular weight excluding hydrogens is 629 g/mol. The highest BCUT2D eigenvalue weighted by molar-refractivity contribution is 6.32. The van der Waals surface area contributed by atoms with Gasteiger partial charge in [-0.05, 0) is 52.9 Å². The zero-order valence-corrected chi connectivity index (χ0v) is 27.6. The van der Waals surface area contributed by atoms with Crippen molar-refractivity contribution in [2.45, 2.75) is 34.6 Å². The molecule has 0 heterocycles. The number of carbonyl (C=O) groups excluding carboxylic acids is 1. The summed E-state index contributed by atoms with van der Waals surface area (Å²) in [6.45, 7) is 0. The van der Waals surface area contributed by atoms with Crippen LogP contribution in [0.2, 0.25) is 0 Å². The highest BCUT2D eigenvalue weighted by Crippen LogP contribution is 2.66. The number of aliphatic hydroxyl groups is 1. The van der Waals surface area contributed by atoms with Crippen molar-refractivity contribution >= 4 is 29.0 Å². The largest absolute Gasteiger partial charge is 0.497 e. The lowest BCUT2D eigenvalue weighted by molar-refractivity contribution is -0.0812. The van der Waals surface area contributed by atoms with Crippen LogP contribution in [0, 0.1) is 22.7 Å². The summed E-state index contributed by atoms with van der Waals surface area (Å²) in [5, 5.41) is 23.9. The minimum atomic E-state index is -1.68. The Morgan fingerprint density at radius 3 is 1.89 bits per heavy atom. The van der Waals surface area contributed by atoms with Gasteiger partial charge in [0.2, 0.25) is 0 Å². The third-order valence-corrected chi connectivity index (χ3v) is 10.7. The van der Waals surface area contributed by atoms with Gasteiger partial charge in [0.25, 0.3) is 0 Å². The van der Waals surface area contributed by atoms with Gasteiger partial charge in [-0.15, -0.1) is 23.2 Å². The Morgan fingerprint density at radius 2 is 1.36 bits per heavy atom. The van der Waals surface area contributed by atoms with Gasteiger partial charge in [0.05, 0.1) is 42.4 Å². The number of nitrogens with zero attached hydrogens (tertiary/aromatic N) is 1. The van der Waals surface area contributed by atoms with Crippen molar-refractivity contribution < 1.29 is 19.4 Å². The Morgan fingerprint density at radius 1 is 0.809 bits per heavy atom. The average Bonchev–Trinajstić information content (AvgIpc) is 3.13.